The summed E-state index contributed by atoms with van der Waals surface area (Å²) >= 11 is 0. The molecule has 7 heteroatoms. The van der Waals surface area contributed by atoms with Crippen LogP contribution < -0.4 is 11.1 Å². The second-order valence-electron chi connectivity index (χ2n) is 5.84. The van der Waals surface area contributed by atoms with Crippen molar-refractivity contribution in [2.45, 2.75) is 19.8 Å². The topological polar surface area (TPSA) is 104 Å². The van der Waals surface area contributed by atoms with Crippen LogP contribution in [0.15, 0.2) is 75.9 Å². The molecular formula is C20H20N2O5. The fraction of sp³-hybridized carbons (Fsp3) is 0.200. The van der Waals surface area contributed by atoms with Crippen molar-refractivity contribution in [3.63, 3.8) is 0 Å². The lowest BCUT2D eigenvalue weighted by molar-refractivity contribution is -0.139. The van der Waals surface area contributed by atoms with Gasteiger partial charge in [0.15, 0.2) is 0 Å². The van der Waals surface area contributed by atoms with Crippen LogP contribution in [0.4, 0.5) is 5.69 Å². The molecule has 1 aliphatic rings. The van der Waals surface area contributed by atoms with Crippen LogP contribution in [0.25, 0.3) is 0 Å². The minimum atomic E-state index is -0.837. The number of nitrogens with two attached hydrogens (primary N) is 1. The van der Waals surface area contributed by atoms with Crippen molar-refractivity contribution in [3.8, 4) is 0 Å². The molecule has 0 spiro atoms. The molecule has 0 radical (unpaired) electrons. The standard InChI is InChI=1S/C20H20N2O5/c1-3-25-20(24)17-16(14-10-7-11-26-14)15(12(2)27-18(17)21)19(23)22-13-8-5-4-6-9-13/h4-11,16H,3,21H2,1-2H3,(H,22,23)/t16-/m0/s1. The number of benzene rings is 1. The zero-order chi connectivity index (χ0) is 19.4. The highest BCUT2D eigenvalue weighted by Crippen LogP contribution is 2.40. The van der Waals surface area contributed by atoms with Gasteiger partial charge in [-0.2, -0.15) is 0 Å². The molecule has 1 atom stereocenters. The SMILES string of the molecule is CCOC(=O)C1=C(N)OC(C)=C(C(=O)Nc2ccccc2)[C@@H]1c1ccco1. The Morgan fingerprint density at radius 1 is 1.15 bits per heavy atom. The third-order valence-corrected chi connectivity index (χ3v) is 4.08. The highest BCUT2D eigenvalue weighted by Gasteiger charge is 2.40. The highest BCUT2D eigenvalue weighted by atomic mass is 16.5. The molecule has 3 N–H and O–H groups in total. The van der Waals surface area contributed by atoms with Gasteiger partial charge in [-0.1, -0.05) is 18.2 Å². The average Bonchev–Trinajstić information content (AvgIpc) is 3.16. The molecule has 140 valence electrons. The number of hydrogen-bond acceptors (Lipinski definition) is 6. The van der Waals surface area contributed by atoms with Gasteiger partial charge in [-0.15, -0.1) is 0 Å². The van der Waals surface area contributed by atoms with E-state index in [4.69, 9.17) is 19.6 Å². The number of esters is 1. The maximum Gasteiger partial charge on any atom is 0.340 e. The number of anilines is 1. The first-order valence-electron chi connectivity index (χ1n) is 8.48. The van der Waals surface area contributed by atoms with Crippen molar-refractivity contribution < 1.29 is 23.5 Å². The number of carbonyl (C=O) groups excluding carboxylic acids is 2. The van der Waals surface area contributed by atoms with E-state index in [0.717, 1.165) is 0 Å². The van der Waals surface area contributed by atoms with Gasteiger partial charge in [0.1, 0.15) is 17.1 Å². The molecule has 27 heavy (non-hydrogen) atoms. The van der Waals surface area contributed by atoms with Crippen molar-refractivity contribution in [3.05, 3.63) is 77.3 Å². The first-order chi connectivity index (χ1) is 13.0. The summed E-state index contributed by atoms with van der Waals surface area (Å²) in [6.07, 6.45) is 1.46. The number of carbonyl (C=O) groups is 2. The van der Waals surface area contributed by atoms with Crippen molar-refractivity contribution >= 4 is 17.6 Å². The van der Waals surface area contributed by atoms with E-state index in [-0.39, 0.29) is 29.4 Å². The van der Waals surface area contributed by atoms with Crippen molar-refractivity contribution in [1.82, 2.24) is 0 Å². The Bertz CT molecular complexity index is 898. The number of rotatable bonds is 5. The summed E-state index contributed by atoms with van der Waals surface area (Å²) < 4.78 is 16.1. The summed E-state index contributed by atoms with van der Waals surface area (Å²) in [5.74, 6) is -1.35. The summed E-state index contributed by atoms with van der Waals surface area (Å²) in [7, 11) is 0. The molecule has 0 saturated carbocycles. The van der Waals surface area contributed by atoms with Gasteiger partial charge in [-0.3, -0.25) is 4.79 Å². The highest BCUT2D eigenvalue weighted by molar-refractivity contribution is 6.08. The monoisotopic (exact) mass is 368 g/mol. The van der Waals surface area contributed by atoms with Crippen LogP contribution in [0.5, 0.6) is 0 Å². The smallest absolute Gasteiger partial charge is 0.340 e. The Kier molecular flexibility index (Phi) is 5.30. The van der Waals surface area contributed by atoms with Crippen LogP contribution >= 0.6 is 0 Å². The quantitative estimate of drug-likeness (QED) is 0.786. The molecule has 2 heterocycles. The van der Waals surface area contributed by atoms with Crippen LogP contribution in [0.2, 0.25) is 0 Å². The minimum Gasteiger partial charge on any atom is -0.468 e. The molecule has 3 rings (SSSR count). The number of furan rings is 1. The number of allylic oxidation sites excluding steroid dienone is 1. The Hall–Kier alpha value is -3.48. The Morgan fingerprint density at radius 3 is 2.52 bits per heavy atom. The largest absolute Gasteiger partial charge is 0.468 e. The van der Waals surface area contributed by atoms with E-state index in [1.807, 2.05) is 6.07 Å². The summed E-state index contributed by atoms with van der Waals surface area (Å²) in [6, 6.07) is 12.3. The Labute approximate surface area is 156 Å². The van der Waals surface area contributed by atoms with E-state index in [1.165, 1.54) is 6.26 Å². The number of para-hydroxylation sites is 1. The lowest BCUT2D eigenvalue weighted by Crippen LogP contribution is -2.31. The second kappa shape index (κ2) is 7.82. The molecule has 1 aliphatic heterocycles. The molecule has 1 amide bonds. The second-order valence-corrected chi connectivity index (χ2v) is 5.84. The van der Waals surface area contributed by atoms with Gasteiger partial charge < -0.3 is 24.9 Å². The third kappa shape index (κ3) is 3.72. The van der Waals surface area contributed by atoms with Gasteiger partial charge in [0.05, 0.1) is 24.4 Å². The molecule has 0 saturated heterocycles. The van der Waals surface area contributed by atoms with Crippen LogP contribution in [-0.4, -0.2) is 18.5 Å². The van der Waals surface area contributed by atoms with E-state index in [2.05, 4.69) is 5.32 Å². The Morgan fingerprint density at radius 2 is 1.89 bits per heavy atom. The van der Waals surface area contributed by atoms with Gasteiger partial charge in [0, 0.05) is 5.69 Å². The molecule has 0 aliphatic carbocycles. The molecule has 7 nitrogen and oxygen atoms in total. The van der Waals surface area contributed by atoms with Gasteiger partial charge in [0.2, 0.25) is 5.88 Å². The van der Waals surface area contributed by atoms with E-state index in [9.17, 15) is 9.59 Å². The number of hydrogen-bond donors (Lipinski definition) is 2. The van der Waals surface area contributed by atoms with E-state index >= 15 is 0 Å². The maximum absolute atomic E-state index is 13.0. The molecule has 1 aromatic heterocycles. The van der Waals surface area contributed by atoms with Crippen LogP contribution in [0.1, 0.15) is 25.5 Å². The number of ether oxygens (including phenoxy) is 2. The molecule has 2 aromatic rings. The third-order valence-electron chi connectivity index (χ3n) is 4.08. The number of amides is 1. The van der Waals surface area contributed by atoms with Gasteiger partial charge in [0.25, 0.3) is 5.91 Å². The first kappa shape index (κ1) is 18.3. The fourth-order valence-electron chi connectivity index (χ4n) is 2.94. The molecule has 0 unspecified atom stereocenters. The molecule has 0 fully saturated rings. The summed E-state index contributed by atoms with van der Waals surface area (Å²) in [5, 5.41) is 2.81. The molecule has 1 aromatic carbocycles. The van der Waals surface area contributed by atoms with E-state index in [0.29, 0.717) is 11.4 Å². The average molecular weight is 368 g/mol. The van der Waals surface area contributed by atoms with Crippen molar-refractivity contribution in [2.24, 2.45) is 5.73 Å². The predicted molar refractivity (Wildman–Crippen MR) is 98.2 cm³/mol. The molecule has 0 bridgehead atoms. The van der Waals surface area contributed by atoms with Gasteiger partial charge in [-0.05, 0) is 38.1 Å². The van der Waals surface area contributed by atoms with Crippen molar-refractivity contribution in [1.29, 1.82) is 0 Å². The minimum absolute atomic E-state index is 0.0376. The maximum atomic E-state index is 13.0. The van der Waals surface area contributed by atoms with Crippen LogP contribution in [0.3, 0.4) is 0 Å². The normalized spacial score (nSPS) is 16.7. The Balaban J connectivity index is 2.03. The predicted octanol–water partition coefficient (Wildman–Crippen LogP) is 3.04. The lowest BCUT2D eigenvalue weighted by atomic mass is 9.85. The van der Waals surface area contributed by atoms with Gasteiger partial charge in [-0.25, -0.2) is 4.79 Å². The first-order valence-corrected chi connectivity index (χ1v) is 8.48. The summed E-state index contributed by atoms with van der Waals surface area (Å²) in [4.78, 5) is 25.5. The fourth-order valence-corrected chi connectivity index (χ4v) is 2.94. The van der Waals surface area contributed by atoms with Gasteiger partial charge >= 0.3 is 5.97 Å². The van der Waals surface area contributed by atoms with E-state index in [1.54, 1.807) is 50.2 Å². The zero-order valence-corrected chi connectivity index (χ0v) is 15.0. The van der Waals surface area contributed by atoms with E-state index < -0.39 is 17.8 Å². The summed E-state index contributed by atoms with van der Waals surface area (Å²) in [6.45, 7) is 3.46. The van der Waals surface area contributed by atoms with Crippen LogP contribution in [-0.2, 0) is 19.1 Å². The van der Waals surface area contributed by atoms with Crippen LogP contribution in [0, 0.1) is 0 Å². The zero-order valence-electron chi connectivity index (χ0n) is 15.0. The number of nitrogens with one attached hydrogen (secondary N) is 1. The van der Waals surface area contributed by atoms with Crippen molar-refractivity contribution in [2.75, 3.05) is 11.9 Å². The lowest BCUT2D eigenvalue weighted by Gasteiger charge is -2.27. The summed E-state index contributed by atoms with van der Waals surface area (Å²) in [5.41, 5.74) is 6.84. The molecular weight excluding hydrogens is 348 g/mol.